The maximum Gasteiger partial charge on any atom is 0.249 e. The Hall–Kier alpha value is -1.10. The SMILES string of the molecule is CCC1C(=O)NC(CC)(CC)C(=O)N1CCOC(C)C. The number of piperazine rings is 1. The van der Waals surface area contributed by atoms with E-state index in [9.17, 15) is 9.59 Å². The molecule has 1 fully saturated rings. The maximum atomic E-state index is 12.8. The van der Waals surface area contributed by atoms with E-state index in [4.69, 9.17) is 4.74 Å². The molecule has 0 aromatic carbocycles. The minimum Gasteiger partial charge on any atom is -0.377 e. The predicted molar refractivity (Wildman–Crippen MR) is 78.3 cm³/mol. The van der Waals surface area contributed by atoms with Gasteiger partial charge in [0, 0.05) is 6.54 Å². The predicted octanol–water partition coefficient (Wildman–Crippen LogP) is 1.71. The zero-order chi connectivity index (χ0) is 15.3. The first-order valence-electron chi connectivity index (χ1n) is 7.66. The molecule has 116 valence electrons. The number of hydrogen-bond donors (Lipinski definition) is 1. The summed E-state index contributed by atoms with van der Waals surface area (Å²) in [6, 6.07) is -0.371. The lowest BCUT2D eigenvalue weighted by atomic mass is 9.86. The van der Waals surface area contributed by atoms with Gasteiger partial charge in [0.05, 0.1) is 12.7 Å². The van der Waals surface area contributed by atoms with Gasteiger partial charge in [-0.1, -0.05) is 20.8 Å². The molecule has 1 rings (SSSR count). The first kappa shape index (κ1) is 17.0. The fourth-order valence-electron chi connectivity index (χ4n) is 2.71. The molecule has 0 aliphatic carbocycles. The Balaban J connectivity index is 2.89. The Labute approximate surface area is 122 Å². The van der Waals surface area contributed by atoms with E-state index < -0.39 is 5.54 Å². The van der Waals surface area contributed by atoms with E-state index in [1.165, 1.54) is 0 Å². The highest BCUT2D eigenvalue weighted by molar-refractivity contribution is 5.99. The number of amides is 2. The van der Waals surface area contributed by atoms with Gasteiger partial charge in [-0.15, -0.1) is 0 Å². The Bertz CT molecular complexity index is 351. The highest BCUT2D eigenvalue weighted by Gasteiger charge is 2.47. The van der Waals surface area contributed by atoms with Gasteiger partial charge >= 0.3 is 0 Å². The molecule has 0 aromatic rings. The molecular weight excluding hydrogens is 256 g/mol. The molecule has 1 saturated heterocycles. The van der Waals surface area contributed by atoms with Gasteiger partial charge in [0.2, 0.25) is 11.8 Å². The van der Waals surface area contributed by atoms with Crippen LogP contribution in [0.4, 0.5) is 0 Å². The van der Waals surface area contributed by atoms with E-state index in [1.54, 1.807) is 4.90 Å². The summed E-state index contributed by atoms with van der Waals surface area (Å²) in [7, 11) is 0. The van der Waals surface area contributed by atoms with Gasteiger partial charge in [-0.2, -0.15) is 0 Å². The van der Waals surface area contributed by atoms with Crippen molar-refractivity contribution in [2.75, 3.05) is 13.2 Å². The Kier molecular flexibility index (Phi) is 5.99. The third-order valence-corrected chi connectivity index (χ3v) is 4.09. The van der Waals surface area contributed by atoms with Crippen LogP contribution in [0.5, 0.6) is 0 Å². The first-order valence-corrected chi connectivity index (χ1v) is 7.66. The van der Waals surface area contributed by atoms with E-state index in [-0.39, 0.29) is 24.0 Å². The summed E-state index contributed by atoms with van der Waals surface area (Å²) in [5, 5.41) is 2.94. The van der Waals surface area contributed by atoms with Gasteiger partial charge in [0.1, 0.15) is 11.6 Å². The van der Waals surface area contributed by atoms with Crippen molar-refractivity contribution in [2.45, 2.75) is 71.6 Å². The third kappa shape index (κ3) is 3.32. The lowest BCUT2D eigenvalue weighted by Gasteiger charge is -2.45. The summed E-state index contributed by atoms with van der Waals surface area (Å²) in [6.45, 7) is 10.7. The normalized spacial score (nSPS) is 22.3. The van der Waals surface area contributed by atoms with Crippen LogP contribution in [-0.2, 0) is 14.3 Å². The van der Waals surface area contributed by atoms with Gasteiger partial charge < -0.3 is 15.0 Å². The zero-order valence-electron chi connectivity index (χ0n) is 13.4. The van der Waals surface area contributed by atoms with Gasteiger partial charge in [-0.3, -0.25) is 9.59 Å². The molecule has 2 amide bonds. The van der Waals surface area contributed by atoms with Crippen LogP contribution in [0, 0.1) is 0 Å². The van der Waals surface area contributed by atoms with Crippen LogP contribution in [0.3, 0.4) is 0 Å². The molecule has 1 aliphatic rings. The fraction of sp³-hybridized carbons (Fsp3) is 0.867. The number of rotatable bonds is 7. The average Bonchev–Trinajstić information content (AvgIpc) is 2.42. The van der Waals surface area contributed by atoms with Crippen LogP contribution in [0.25, 0.3) is 0 Å². The molecule has 1 unspecified atom stereocenters. The van der Waals surface area contributed by atoms with Gasteiger partial charge in [-0.25, -0.2) is 0 Å². The van der Waals surface area contributed by atoms with E-state index in [0.29, 0.717) is 32.4 Å². The maximum absolute atomic E-state index is 12.8. The molecule has 1 aliphatic heterocycles. The first-order chi connectivity index (χ1) is 9.41. The lowest BCUT2D eigenvalue weighted by Crippen LogP contribution is -2.70. The van der Waals surface area contributed by atoms with Crippen molar-refractivity contribution < 1.29 is 14.3 Å². The van der Waals surface area contributed by atoms with Crippen LogP contribution in [0.15, 0.2) is 0 Å². The third-order valence-electron chi connectivity index (χ3n) is 4.09. The standard InChI is InChI=1S/C15H28N2O3/c1-6-12-13(18)16-15(7-2,8-3)14(19)17(12)9-10-20-11(4)5/h11-12H,6-10H2,1-5H3,(H,16,18). The number of carbonyl (C=O) groups excluding carboxylic acids is 2. The van der Waals surface area contributed by atoms with Crippen LogP contribution in [-0.4, -0.2) is 47.6 Å². The minimum absolute atomic E-state index is 0.0290. The van der Waals surface area contributed by atoms with Crippen LogP contribution < -0.4 is 5.32 Å². The molecule has 0 spiro atoms. The largest absolute Gasteiger partial charge is 0.377 e. The van der Waals surface area contributed by atoms with E-state index in [2.05, 4.69) is 5.32 Å². The van der Waals surface area contributed by atoms with Crippen molar-refractivity contribution in [2.24, 2.45) is 0 Å². The highest BCUT2D eigenvalue weighted by Crippen LogP contribution is 2.26. The number of hydrogen-bond acceptors (Lipinski definition) is 3. The Morgan fingerprint density at radius 3 is 2.30 bits per heavy atom. The van der Waals surface area contributed by atoms with Crippen LogP contribution in [0.2, 0.25) is 0 Å². The number of carbonyl (C=O) groups is 2. The second-order valence-electron chi connectivity index (χ2n) is 5.62. The van der Waals surface area contributed by atoms with Crippen molar-refractivity contribution in [1.29, 1.82) is 0 Å². The Morgan fingerprint density at radius 1 is 1.25 bits per heavy atom. The molecule has 0 saturated carbocycles. The fourth-order valence-corrected chi connectivity index (χ4v) is 2.71. The second kappa shape index (κ2) is 7.07. The van der Waals surface area contributed by atoms with Crippen LogP contribution >= 0.6 is 0 Å². The minimum atomic E-state index is -0.736. The molecule has 20 heavy (non-hydrogen) atoms. The van der Waals surface area contributed by atoms with Crippen molar-refractivity contribution >= 4 is 11.8 Å². The highest BCUT2D eigenvalue weighted by atomic mass is 16.5. The van der Waals surface area contributed by atoms with Crippen molar-refractivity contribution in [1.82, 2.24) is 10.2 Å². The molecule has 1 heterocycles. The summed E-state index contributed by atoms with van der Waals surface area (Å²) < 4.78 is 5.53. The van der Waals surface area contributed by atoms with E-state index in [0.717, 1.165) is 0 Å². The van der Waals surface area contributed by atoms with Gasteiger partial charge in [0.25, 0.3) is 0 Å². The summed E-state index contributed by atoms with van der Waals surface area (Å²) in [6.07, 6.45) is 1.99. The lowest BCUT2D eigenvalue weighted by molar-refractivity contribution is -0.156. The second-order valence-corrected chi connectivity index (χ2v) is 5.62. The zero-order valence-corrected chi connectivity index (χ0v) is 13.4. The van der Waals surface area contributed by atoms with E-state index in [1.807, 2.05) is 34.6 Å². The molecule has 0 bridgehead atoms. The quantitative estimate of drug-likeness (QED) is 0.774. The molecule has 1 N–H and O–H groups in total. The summed E-state index contributed by atoms with van der Waals surface area (Å²) >= 11 is 0. The van der Waals surface area contributed by atoms with Gasteiger partial charge in [0.15, 0.2) is 0 Å². The number of nitrogens with zero attached hydrogens (tertiary/aromatic N) is 1. The molecule has 1 atom stereocenters. The topological polar surface area (TPSA) is 58.6 Å². The van der Waals surface area contributed by atoms with E-state index >= 15 is 0 Å². The summed E-state index contributed by atoms with van der Waals surface area (Å²) in [5.74, 6) is -0.0124. The molecular formula is C15H28N2O3. The van der Waals surface area contributed by atoms with Crippen molar-refractivity contribution in [3.05, 3.63) is 0 Å². The smallest absolute Gasteiger partial charge is 0.249 e. The number of nitrogens with one attached hydrogen (secondary N) is 1. The Morgan fingerprint density at radius 2 is 1.85 bits per heavy atom. The average molecular weight is 284 g/mol. The molecule has 0 radical (unpaired) electrons. The monoisotopic (exact) mass is 284 g/mol. The summed E-state index contributed by atoms with van der Waals surface area (Å²) in [5.41, 5.74) is -0.736. The summed E-state index contributed by atoms with van der Waals surface area (Å²) in [4.78, 5) is 26.7. The van der Waals surface area contributed by atoms with Crippen LogP contribution in [0.1, 0.15) is 53.9 Å². The van der Waals surface area contributed by atoms with Crippen molar-refractivity contribution in [3.63, 3.8) is 0 Å². The molecule has 5 heteroatoms. The van der Waals surface area contributed by atoms with Crippen molar-refractivity contribution in [3.8, 4) is 0 Å². The van der Waals surface area contributed by atoms with Gasteiger partial charge in [-0.05, 0) is 33.1 Å². The number of ether oxygens (including phenoxy) is 1. The molecule has 5 nitrogen and oxygen atoms in total. The molecule has 0 aromatic heterocycles.